The predicted molar refractivity (Wildman–Crippen MR) is 144 cm³/mol. The van der Waals surface area contributed by atoms with E-state index in [4.69, 9.17) is 21.1 Å². The Kier molecular flexibility index (Phi) is 9.40. The van der Waals surface area contributed by atoms with Gasteiger partial charge in [0.1, 0.15) is 5.75 Å². The van der Waals surface area contributed by atoms with Gasteiger partial charge in [-0.2, -0.15) is 0 Å². The van der Waals surface area contributed by atoms with E-state index in [9.17, 15) is 4.79 Å². The van der Waals surface area contributed by atoms with E-state index in [0.29, 0.717) is 11.6 Å². The Morgan fingerprint density at radius 1 is 0.917 bits per heavy atom. The van der Waals surface area contributed by atoms with Gasteiger partial charge in [-0.1, -0.05) is 73.1 Å². The van der Waals surface area contributed by atoms with Crippen molar-refractivity contribution in [3.05, 3.63) is 101 Å². The van der Waals surface area contributed by atoms with Crippen molar-refractivity contribution in [1.82, 2.24) is 9.80 Å². The molecule has 36 heavy (non-hydrogen) atoms. The van der Waals surface area contributed by atoms with Crippen molar-refractivity contribution in [2.75, 3.05) is 39.8 Å². The van der Waals surface area contributed by atoms with Crippen molar-refractivity contribution < 1.29 is 14.3 Å². The van der Waals surface area contributed by atoms with Crippen molar-refractivity contribution in [1.29, 1.82) is 0 Å². The van der Waals surface area contributed by atoms with Crippen LogP contribution in [0.5, 0.6) is 5.75 Å². The molecule has 4 rings (SSSR count). The SMILES string of the molecule is CCC(C(=O)N1CCN(CC(OCc2cccc(Cl)c2)c2cccc(OC)c2)CC1)c1ccccc1. The lowest BCUT2D eigenvalue weighted by Crippen LogP contribution is -2.50. The molecule has 1 aliphatic rings. The fourth-order valence-electron chi connectivity index (χ4n) is 4.76. The topological polar surface area (TPSA) is 42.0 Å². The molecule has 6 heteroatoms. The second kappa shape index (κ2) is 12.9. The standard InChI is InChI=1S/C30H35ClN2O3/c1-3-28(24-10-5-4-6-11-24)30(34)33-17-15-32(16-18-33)21-29(25-12-8-14-27(20-25)35-2)36-22-23-9-7-13-26(31)19-23/h4-14,19-20,28-29H,3,15-18,21-22H2,1-2H3. The van der Waals surface area contributed by atoms with Crippen LogP contribution >= 0.6 is 11.6 Å². The van der Waals surface area contributed by atoms with Crippen LogP contribution in [-0.4, -0.2) is 55.5 Å². The smallest absolute Gasteiger partial charge is 0.230 e. The summed E-state index contributed by atoms with van der Waals surface area (Å²) >= 11 is 6.17. The first kappa shape index (κ1) is 26.2. The summed E-state index contributed by atoms with van der Waals surface area (Å²) in [6.07, 6.45) is 0.673. The minimum atomic E-state index is -0.131. The van der Waals surface area contributed by atoms with Crippen molar-refractivity contribution in [2.45, 2.75) is 32.0 Å². The Balaban J connectivity index is 1.40. The molecule has 1 saturated heterocycles. The van der Waals surface area contributed by atoms with Crippen LogP contribution in [0, 0.1) is 0 Å². The lowest BCUT2D eigenvalue weighted by molar-refractivity contribution is -0.135. The van der Waals surface area contributed by atoms with Gasteiger partial charge in [0, 0.05) is 37.7 Å². The van der Waals surface area contributed by atoms with E-state index in [1.165, 1.54) is 0 Å². The number of hydrogen-bond donors (Lipinski definition) is 0. The molecule has 0 aromatic heterocycles. The number of carbonyl (C=O) groups is 1. The first-order valence-corrected chi connectivity index (χ1v) is 13.0. The molecule has 2 atom stereocenters. The summed E-state index contributed by atoms with van der Waals surface area (Å²) in [7, 11) is 1.68. The summed E-state index contributed by atoms with van der Waals surface area (Å²) in [6, 6.07) is 25.9. The molecule has 1 amide bonds. The molecular formula is C30H35ClN2O3. The van der Waals surface area contributed by atoms with Crippen molar-refractivity contribution in [2.24, 2.45) is 0 Å². The van der Waals surface area contributed by atoms with Gasteiger partial charge in [0.05, 0.1) is 25.7 Å². The highest BCUT2D eigenvalue weighted by Crippen LogP contribution is 2.27. The first-order valence-electron chi connectivity index (χ1n) is 12.6. The zero-order valence-corrected chi connectivity index (χ0v) is 21.9. The Morgan fingerprint density at radius 3 is 2.33 bits per heavy atom. The summed E-state index contributed by atoms with van der Waals surface area (Å²) in [5, 5.41) is 0.704. The molecule has 3 aromatic rings. The molecule has 190 valence electrons. The third-order valence-corrected chi connectivity index (χ3v) is 7.06. The number of carbonyl (C=O) groups excluding carboxylic acids is 1. The van der Waals surface area contributed by atoms with Crippen LogP contribution in [-0.2, 0) is 16.1 Å². The molecule has 0 aliphatic carbocycles. The molecule has 0 saturated carbocycles. The van der Waals surface area contributed by atoms with Crippen molar-refractivity contribution >= 4 is 17.5 Å². The molecule has 0 bridgehead atoms. The monoisotopic (exact) mass is 506 g/mol. The summed E-state index contributed by atoms with van der Waals surface area (Å²) in [4.78, 5) is 17.7. The maximum atomic E-state index is 13.3. The van der Waals surface area contributed by atoms with Crippen molar-refractivity contribution in [3.63, 3.8) is 0 Å². The zero-order chi connectivity index (χ0) is 25.3. The second-order valence-corrected chi connectivity index (χ2v) is 9.64. The summed E-state index contributed by atoms with van der Waals surface area (Å²) in [5.41, 5.74) is 3.21. The number of benzene rings is 3. The van der Waals surface area contributed by atoms with Gasteiger partial charge in [0.15, 0.2) is 0 Å². The molecule has 0 N–H and O–H groups in total. The average molecular weight is 507 g/mol. The first-order chi connectivity index (χ1) is 17.6. The number of hydrogen-bond acceptors (Lipinski definition) is 4. The van der Waals surface area contributed by atoms with Gasteiger partial charge in [-0.25, -0.2) is 0 Å². The van der Waals surface area contributed by atoms with Crippen LogP contribution in [0.15, 0.2) is 78.9 Å². The van der Waals surface area contributed by atoms with E-state index in [1.807, 2.05) is 65.6 Å². The van der Waals surface area contributed by atoms with E-state index < -0.39 is 0 Å². The highest BCUT2D eigenvalue weighted by molar-refractivity contribution is 6.30. The van der Waals surface area contributed by atoms with Crippen LogP contribution in [0.3, 0.4) is 0 Å². The van der Waals surface area contributed by atoms with Crippen LogP contribution in [0.2, 0.25) is 5.02 Å². The van der Waals surface area contributed by atoms with Gasteiger partial charge < -0.3 is 14.4 Å². The average Bonchev–Trinajstić information content (AvgIpc) is 2.92. The van der Waals surface area contributed by atoms with Gasteiger partial charge in [-0.15, -0.1) is 0 Å². The highest BCUT2D eigenvalue weighted by Gasteiger charge is 2.28. The quantitative estimate of drug-likeness (QED) is 0.341. The normalized spacial score (nSPS) is 15.9. The maximum Gasteiger partial charge on any atom is 0.230 e. The minimum absolute atomic E-state index is 0.0803. The van der Waals surface area contributed by atoms with Crippen LogP contribution in [0.1, 0.15) is 42.1 Å². The Labute approximate surface area is 219 Å². The molecule has 1 heterocycles. The van der Waals surface area contributed by atoms with Gasteiger partial charge in [-0.05, 0) is 47.4 Å². The maximum absolute atomic E-state index is 13.3. The van der Waals surface area contributed by atoms with Crippen LogP contribution in [0.25, 0.3) is 0 Å². The summed E-state index contributed by atoms with van der Waals surface area (Å²) < 4.78 is 11.9. The Morgan fingerprint density at radius 2 is 1.64 bits per heavy atom. The third kappa shape index (κ3) is 6.88. The number of rotatable bonds is 10. The minimum Gasteiger partial charge on any atom is -0.497 e. The number of amides is 1. The molecular weight excluding hydrogens is 472 g/mol. The number of ether oxygens (including phenoxy) is 2. The van der Waals surface area contributed by atoms with Gasteiger partial charge in [-0.3, -0.25) is 9.69 Å². The van der Waals surface area contributed by atoms with Gasteiger partial charge in [0.2, 0.25) is 5.91 Å². The van der Waals surface area contributed by atoms with E-state index in [-0.39, 0.29) is 17.9 Å². The lowest BCUT2D eigenvalue weighted by Gasteiger charge is -2.38. The molecule has 1 fully saturated rings. The van der Waals surface area contributed by atoms with E-state index in [0.717, 1.165) is 61.6 Å². The third-order valence-electron chi connectivity index (χ3n) is 6.82. The van der Waals surface area contributed by atoms with E-state index >= 15 is 0 Å². The number of halogens is 1. The molecule has 0 spiro atoms. The van der Waals surface area contributed by atoms with Gasteiger partial charge in [0.25, 0.3) is 0 Å². The molecule has 2 unspecified atom stereocenters. The number of methoxy groups -OCH3 is 1. The molecule has 1 aliphatic heterocycles. The van der Waals surface area contributed by atoms with Crippen LogP contribution in [0.4, 0.5) is 0 Å². The fraction of sp³-hybridized carbons (Fsp3) is 0.367. The van der Waals surface area contributed by atoms with Crippen LogP contribution < -0.4 is 4.74 Å². The number of nitrogens with zero attached hydrogens (tertiary/aromatic N) is 2. The van der Waals surface area contributed by atoms with Gasteiger partial charge >= 0.3 is 0 Å². The second-order valence-electron chi connectivity index (χ2n) is 9.20. The predicted octanol–water partition coefficient (Wildman–Crippen LogP) is 5.94. The number of piperazine rings is 1. The highest BCUT2D eigenvalue weighted by atomic mass is 35.5. The molecule has 3 aromatic carbocycles. The summed E-state index contributed by atoms with van der Waals surface area (Å²) in [5.74, 6) is 0.957. The molecule has 0 radical (unpaired) electrons. The fourth-order valence-corrected chi connectivity index (χ4v) is 4.98. The molecule has 5 nitrogen and oxygen atoms in total. The van der Waals surface area contributed by atoms with E-state index in [1.54, 1.807) is 7.11 Å². The van der Waals surface area contributed by atoms with E-state index in [2.05, 4.69) is 30.0 Å². The Bertz CT molecular complexity index is 1120. The lowest BCUT2D eigenvalue weighted by atomic mass is 9.95. The zero-order valence-electron chi connectivity index (χ0n) is 21.1. The largest absolute Gasteiger partial charge is 0.497 e. The van der Waals surface area contributed by atoms with Crippen molar-refractivity contribution in [3.8, 4) is 5.75 Å². The Hall–Kier alpha value is -2.86. The summed E-state index contributed by atoms with van der Waals surface area (Å²) in [6.45, 7) is 6.38.